The summed E-state index contributed by atoms with van der Waals surface area (Å²) in [5, 5.41) is 8.64. The Kier molecular flexibility index (Phi) is 4.74. The monoisotopic (exact) mass is 303 g/mol. The standard InChI is InChI=1S/C11H14BrNO4/c1-7(2)13(5-3-9(14)15)11(16)10-8(12)4-6-17-10/h4,6-7H,3,5H2,1-2H3,(H,14,15). The van der Waals surface area contributed by atoms with Crippen LogP contribution in [0, 0.1) is 0 Å². The molecule has 0 saturated heterocycles. The maximum absolute atomic E-state index is 12.1. The Morgan fingerprint density at radius 2 is 2.18 bits per heavy atom. The lowest BCUT2D eigenvalue weighted by Crippen LogP contribution is -2.38. The van der Waals surface area contributed by atoms with Crippen LogP contribution >= 0.6 is 15.9 Å². The maximum atomic E-state index is 12.1. The van der Waals surface area contributed by atoms with E-state index in [9.17, 15) is 9.59 Å². The van der Waals surface area contributed by atoms with Crippen LogP contribution in [-0.2, 0) is 4.79 Å². The second-order valence-electron chi connectivity index (χ2n) is 3.83. The summed E-state index contributed by atoms with van der Waals surface area (Å²) >= 11 is 3.21. The van der Waals surface area contributed by atoms with E-state index < -0.39 is 5.97 Å². The van der Waals surface area contributed by atoms with Crippen LogP contribution < -0.4 is 0 Å². The molecule has 94 valence electrons. The third-order valence-electron chi connectivity index (χ3n) is 2.26. The van der Waals surface area contributed by atoms with Gasteiger partial charge in [-0.3, -0.25) is 9.59 Å². The molecule has 0 aliphatic rings. The predicted molar refractivity (Wildman–Crippen MR) is 64.8 cm³/mol. The van der Waals surface area contributed by atoms with E-state index in [4.69, 9.17) is 9.52 Å². The summed E-state index contributed by atoms with van der Waals surface area (Å²) in [6, 6.07) is 1.54. The number of carboxylic acids is 1. The zero-order valence-electron chi connectivity index (χ0n) is 9.64. The Morgan fingerprint density at radius 3 is 2.59 bits per heavy atom. The van der Waals surface area contributed by atoms with Crippen molar-refractivity contribution in [1.82, 2.24) is 4.90 Å². The fourth-order valence-corrected chi connectivity index (χ4v) is 1.76. The van der Waals surface area contributed by atoms with Gasteiger partial charge in [0.25, 0.3) is 5.91 Å². The molecule has 17 heavy (non-hydrogen) atoms. The number of nitrogens with zero attached hydrogens (tertiary/aromatic N) is 1. The van der Waals surface area contributed by atoms with E-state index >= 15 is 0 Å². The third kappa shape index (κ3) is 3.59. The zero-order valence-corrected chi connectivity index (χ0v) is 11.2. The van der Waals surface area contributed by atoms with Gasteiger partial charge in [-0.25, -0.2) is 0 Å². The van der Waals surface area contributed by atoms with Gasteiger partial charge in [-0.15, -0.1) is 0 Å². The van der Waals surface area contributed by atoms with Crippen molar-refractivity contribution in [3.8, 4) is 0 Å². The lowest BCUT2D eigenvalue weighted by Gasteiger charge is -2.25. The molecule has 0 aromatic carbocycles. The molecule has 0 atom stereocenters. The largest absolute Gasteiger partial charge is 0.481 e. The fourth-order valence-electron chi connectivity index (χ4n) is 1.39. The highest BCUT2D eigenvalue weighted by Gasteiger charge is 2.23. The fraction of sp³-hybridized carbons (Fsp3) is 0.455. The SMILES string of the molecule is CC(C)N(CCC(=O)O)C(=O)c1occc1Br. The van der Waals surface area contributed by atoms with Crippen LogP contribution in [0.25, 0.3) is 0 Å². The molecule has 0 aliphatic carbocycles. The highest BCUT2D eigenvalue weighted by atomic mass is 79.9. The van der Waals surface area contributed by atoms with Crippen LogP contribution in [0.5, 0.6) is 0 Å². The lowest BCUT2D eigenvalue weighted by atomic mass is 10.2. The Labute approximate surface area is 108 Å². The Morgan fingerprint density at radius 1 is 1.53 bits per heavy atom. The van der Waals surface area contributed by atoms with E-state index in [0.29, 0.717) is 4.47 Å². The smallest absolute Gasteiger partial charge is 0.305 e. The van der Waals surface area contributed by atoms with Gasteiger partial charge < -0.3 is 14.4 Å². The maximum Gasteiger partial charge on any atom is 0.305 e. The average Bonchev–Trinajstić information content (AvgIpc) is 2.63. The number of halogens is 1. The number of hydrogen-bond donors (Lipinski definition) is 1. The van der Waals surface area contributed by atoms with Gasteiger partial charge in [-0.2, -0.15) is 0 Å². The van der Waals surface area contributed by atoms with E-state index in [1.54, 1.807) is 6.07 Å². The van der Waals surface area contributed by atoms with Crippen molar-refractivity contribution in [1.29, 1.82) is 0 Å². The van der Waals surface area contributed by atoms with Gasteiger partial charge >= 0.3 is 5.97 Å². The highest BCUT2D eigenvalue weighted by molar-refractivity contribution is 9.10. The predicted octanol–water partition coefficient (Wildman–Crippen LogP) is 2.37. The number of furan rings is 1. The van der Waals surface area contributed by atoms with E-state index in [1.807, 2.05) is 13.8 Å². The van der Waals surface area contributed by atoms with E-state index in [-0.39, 0.29) is 30.7 Å². The molecule has 1 rings (SSSR count). The summed E-state index contributed by atoms with van der Waals surface area (Å²) < 4.78 is 5.65. The topological polar surface area (TPSA) is 70.8 Å². The second-order valence-corrected chi connectivity index (χ2v) is 4.69. The molecule has 1 aromatic rings. The van der Waals surface area contributed by atoms with Gasteiger partial charge in [0.15, 0.2) is 0 Å². The summed E-state index contributed by atoms with van der Waals surface area (Å²) in [5.41, 5.74) is 0. The summed E-state index contributed by atoms with van der Waals surface area (Å²) in [6.07, 6.45) is 1.33. The van der Waals surface area contributed by atoms with Crippen LogP contribution in [0.3, 0.4) is 0 Å². The number of carbonyl (C=O) groups is 2. The Balaban J connectivity index is 2.81. The first kappa shape index (κ1) is 13.8. The first-order valence-electron chi connectivity index (χ1n) is 5.19. The summed E-state index contributed by atoms with van der Waals surface area (Å²) in [6.45, 7) is 3.83. The van der Waals surface area contributed by atoms with Gasteiger partial charge in [0, 0.05) is 12.6 Å². The van der Waals surface area contributed by atoms with Crippen LogP contribution in [0.1, 0.15) is 30.8 Å². The minimum absolute atomic E-state index is 0.0811. The number of carbonyl (C=O) groups excluding carboxylic acids is 1. The molecule has 0 radical (unpaired) electrons. The normalized spacial score (nSPS) is 10.6. The summed E-state index contributed by atoms with van der Waals surface area (Å²) in [4.78, 5) is 24.1. The minimum Gasteiger partial charge on any atom is -0.481 e. The van der Waals surface area contributed by atoms with Crippen molar-refractivity contribution in [2.45, 2.75) is 26.3 Å². The van der Waals surface area contributed by atoms with Crippen molar-refractivity contribution >= 4 is 27.8 Å². The molecule has 6 heteroatoms. The van der Waals surface area contributed by atoms with Crippen molar-refractivity contribution in [2.75, 3.05) is 6.54 Å². The molecule has 0 spiro atoms. The quantitative estimate of drug-likeness (QED) is 0.906. The number of rotatable bonds is 5. The van der Waals surface area contributed by atoms with E-state index in [0.717, 1.165) is 0 Å². The average molecular weight is 304 g/mol. The molecule has 0 aliphatic heterocycles. The molecule has 1 heterocycles. The number of hydrogen-bond acceptors (Lipinski definition) is 3. The lowest BCUT2D eigenvalue weighted by molar-refractivity contribution is -0.137. The first-order chi connectivity index (χ1) is 7.93. The van der Waals surface area contributed by atoms with Gasteiger partial charge in [0.05, 0.1) is 17.2 Å². The molecular weight excluding hydrogens is 290 g/mol. The van der Waals surface area contributed by atoms with Gasteiger partial charge in [0.2, 0.25) is 5.76 Å². The summed E-state index contributed by atoms with van der Waals surface area (Å²) in [7, 11) is 0. The molecule has 5 nitrogen and oxygen atoms in total. The van der Waals surface area contributed by atoms with E-state index in [2.05, 4.69) is 15.9 Å². The van der Waals surface area contributed by atoms with Crippen molar-refractivity contribution in [2.24, 2.45) is 0 Å². The van der Waals surface area contributed by atoms with Crippen LogP contribution in [0.4, 0.5) is 0 Å². The Hall–Kier alpha value is -1.30. The van der Waals surface area contributed by atoms with Crippen molar-refractivity contribution < 1.29 is 19.1 Å². The second kappa shape index (κ2) is 5.86. The zero-order chi connectivity index (χ0) is 13.0. The third-order valence-corrected chi connectivity index (χ3v) is 2.89. The minimum atomic E-state index is -0.929. The van der Waals surface area contributed by atoms with Gasteiger partial charge in [0.1, 0.15) is 0 Å². The van der Waals surface area contributed by atoms with Crippen LogP contribution in [-0.4, -0.2) is 34.5 Å². The van der Waals surface area contributed by atoms with Gasteiger partial charge in [-0.1, -0.05) is 0 Å². The number of amides is 1. The highest BCUT2D eigenvalue weighted by Crippen LogP contribution is 2.20. The Bertz CT molecular complexity index is 413. The molecule has 1 aromatic heterocycles. The molecule has 0 saturated carbocycles. The molecule has 0 fully saturated rings. The molecule has 1 amide bonds. The molecular formula is C11H14BrNO4. The van der Waals surface area contributed by atoms with Crippen molar-refractivity contribution in [3.63, 3.8) is 0 Å². The van der Waals surface area contributed by atoms with Crippen molar-refractivity contribution in [3.05, 3.63) is 22.6 Å². The number of aliphatic carboxylic acids is 1. The number of carboxylic acid groups (broad SMARTS) is 1. The summed E-state index contributed by atoms with van der Waals surface area (Å²) in [5.74, 6) is -1.04. The van der Waals surface area contributed by atoms with Gasteiger partial charge in [-0.05, 0) is 35.8 Å². The molecule has 0 bridgehead atoms. The molecule has 0 unspecified atom stereocenters. The first-order valence-corrected chi connectivity index (χ1v) is 5.98. The molecule has 1 N–H and O–H groups in total. The van der Waals surface area contributed by atoms with Crippen LogP contribution in [0.2, 0.25) is 0 Å². The van der Waals surface area contributed by atoms with E-state index in [1.165, 1.54) is 11.2 Å². The van der Waals surface area contributed by atoms with Crippen LogP contribution in [0.15, 0.2) is 21.2 Å².